The number of ether oxygens (including phenoxy) is 1. The van der Waals surface area contributed by atoms with E-state index in [0.717, 1.165) is 0 Å². The molecule has 0 aliphatic heterocycles. The molecule has 0 saturated carbocycles. The molecule has 0 rings (SSSR count). The molecule has 0 heterocycles. The second-order valence-electron chi connectivity index (χ2n) is 4.13. The second-order valence-corrected chi connectivity index (χ2v) is 4.13. The molecule has 0 unspecified atom stereocenters. The predicted octanol–water partition coefficient (Wildman–Crippen LogP) is 1.46. The van der Waals surface area contributed by atoms with E-state index < -0.39 is 0 Å². The van der Waals surface area contributed by atoms with Crippen LogP contribution in [0.25, 0.3) is 0 Å². The van der Waals surface area contributed by atoms with Gasteiger partial charge in [0, 0.05) is 11.8 Å². The summed E-state index contributed by atoms with van der Waals surface area (Å²) in [6.07, 6.45) is 0. The molecule has 0 aliphatic carbocycles. The van der Waals surface area contributed by atoms with Crippen molar-refractivity contribution in [2.45, 2.75) is 27.7 Å². The first-order chi connectivity index (χ1) is 7.95. The maximum atomic E-state index is 11.1. The van der Waals surface area contributed by atoms with Gasteiger partial charge in [0.2, 0.25) is 11.6 Å². The minimum absolute atomic E-state index is 0.0778. The van der Waals surface area contributed by atoms with Crippen LogP contribution in [0.4, 0.5) is 0 Å². The van der Waals surface area contributed by atoms with Gasteiger partial charge in [0.25, 0.3) is 0 Å². The third-order valence-corrected chi connectivity index (χ3v) is 1.82. The Balaban J connectivity index is 3.80. The molecule has 0 amide bonds. The van der Waals surface area contributed by atoms with E-state index in [4.69, 9.17) is 4.74 Å². The molecule has 0 fully saturated rings. The summed E-state index contributed by atoms with van der Waals surface area (Å²) in [5.41, 5.74) is 0. The van der Waals surface area contributed by atoms with Gasteiger partial charge in [0.15, 0.2) is 0 Å². The van der Waals surface area contributed by atoms with Crippen molar-refractivity contribution < 1.29 is 14.3 Å². The Morgan fingerprint density at radius 3 is 1.53 bits per heavy atom. The summed E-state index contributed by atoms with van der Waals surface area (Å²) in [4.78, 5) is 22.2. The van der Waals surface area contributed by atoms with Gasteiger partial charge in [-0.2, -0.15) is 0 Å². The van der Waals surface area contributed by atoms with Crippen molar-refractivity contribution in [3.05, 3.63) is 0 Å². The normalized spacial score (nSPS) is 9.29. The summed E-state index contributed by atoms with van der Waals surface area (Å²) in [6.45, 7) is 7.48. The van der Waals surface area contributed by atoms with E-state index in [2.05, 4.69) is 23.7 Å². The van der Waals surface area contributed by atoms with E-state index in [0.29, 0.717) is 0 Å². The van der Waals surface area contributed by atoms with Crippen LogP contribution < -0.4 is 0 Å². The van der Waals surface area contributed by atoms with Crippen molar-refractivity contribution in [2.75, 3.05) is 13.2 Å². The summed E-state index contributed by atoms with van der Waals surface area (Å²) in [6, 6.07) is 0. The molecule has 0 aromatic heterocycles. The summed E-state index contributed by atoms with van der Waals surface area (Å²) in [7, 11) is 0. The fourth-order valence-corrected chi connectivity index (χ4v) is 0.688. The molecular formula is C14H18O3. The maximum absolute atomic E-state index is 11.1. The highest BCUT2D eigenvalue weighted by Gasteiger charge is 2.01. The molecule has 0 aromatic carbocycles. The Bertz CT molecular complexity index is 345. The Hall–Kier alpha value is -1.58. The highest BCUT2D eigenvalue weighted by molar-refractivity contribution is 5.97. The van der Waals surface area contributed by atoms with E-state index in [1.165, 1.54) is 0 Å². The number of Topliss-reactive ketones (excluding diaryl/α,β-unsaturated/α-hetero) is 2. The largest absolute Gasteiger partial charge is 0.356 e. The molecule has 0 spiro atoms. The number of carbonyl (C=O) groups is 2. The van der Waals surface area contributed by atoms with Crippen LogP contribution in [0.5, 0.6) is 0 Å². The zero-order valence-electron chi connectivity index (χ0n) is 10.8. The minimum atomic E-state index is -0.102. The third kappa shape index (κ3) is 8.25. The zero-order chi connectivity index (χ0) is 13.3. The van der Waals surface area contributed by atoms with Crippen molar-refractivity contribution in [1.82, 2.24) is 0 Å². The molecule has 0 aromatic rings. The molecule has 0 radical (unpaired) electrons. The van der Waals surface area contributed by atoms with E-state index >= 15 is 0 Å². The smallest absolute Gasteiger partial charge is 0.208 e. The average molecular weight is 234 g/mol. The lowest BCUT2D eigenvalue weighted by Crippen LogP contribution is -2.04. The maximum Gasteiger partial charge on any atom is 0.208 e. The molecule has 3 heteroatoms. The van der Waals surface area contributed by atoms with E-state index in [1.54, 1.807) is 27.7 Å². The van der Waals surface area contributed by atoms with Crippen LogP contribution >= 0.6 is 0 Å². The van der Waals surface area contributed by atoms with Crippen molar-refractivity contribution in [3.63, 3.8) is 0 Å². The van der Waals surface area contributed by atoms with Crippen LogP contribution in [-0.2, 0) is 14.3 Å². The lowest BCUT2D eigenvalue weighted by atomic mass is 10.1. The van der Waals surface area contributed by atoms with E-state index in [-0.39, 0.29) is 36.6 Å². The predicted molar refractivity (Wildman–Crippen MR) is 66.1 cm³/mol. The molecule has 0 bridgehead atoms. The van der Waals surface area contributed by atoms with E-state index in [9.17, 15) is 9.59 Å². The number of hydrogen-bond donors (Lipinski definition) is 0. The Morgan fingerprint density at radius 1 is 0.882 bits per heavy atom. The first kappa shape index (κ1) is 15.4. The summed E-state index contributed by atoms with van der Waals surface area (Å²) < 4.78 is 5.04. The zero-order valence-corrected chi connectivity index (χ0v) is 10.8. The first-order valence-electron chi connectivity index (χ1n) is 5.58. The lowest BCUT2D eigenvalue weighted by Gasteiger charge is -1.94. The van der Waals surface area contributed by atoms with Gasteiger partial charge in [-0.25, -0.2) is 0 Å². The van der Waals surface area contributed by atoms with Crippen LogP contribution in [-0.4, -0.2) is 24.8 Å². The Labute approximate surface area is 103 Å². The van der Waals surface area contributed by atoms with Gasteiger partial charge in [0.1, 0.15) is 13.2 Å². The van der Waals surface area contributed by atoms with Crippen molar-refractivity contribution in [2.24, 2.45) is 11.8 Å². The van der Waals surface area contributed by atoms with Crippen LogP contribution in [0.3, 0.4) is 0 Å². The molecule has 0 aliphatic rings. The van der Waals surface area contributed by atoms with Crippen LogP contribution in [0.2, 0.25) is 0 Å². The van der Waals surface area contributed by atoms with Gasteiger partial charge < -0.3 is 4.74 Å². The van der Waals surface area contributed by atoms with Crippen molar-refractivity contribution in [1.29, 1.82) is 0 Å². The standard InChI is InChI=1S/C14H18O3/c1-11(2)13(15)7-5-9-17-10-6-8-14(16)12(3)4/h11-12H,9-10H2,1-4H3. The number of hydrogen-bond acceptors (Lipinski definition) is 3. The molecule has 0 saturated heterocycles. The lowest BCUT2D eigenvalue weighted by molar-refractivity contribution is -0.117. The van der Waals surface area contributed by atoms with E-state index in [1.807, 2.05) is 0 Å². The van der Waals surface area contributed by atoms with Gasteiger partial charge in [0.05, 0.1) is 0 Å². The molecule has 92 valence electrons. The SMILES string of the molecule is CC(C)C(=O)C#CCOCC#CC(=O)C(C)C. The number of rotatable bonds is 4. The van der Waals surface area contributed by atoms with Gasteiger partial charge in [-0.15, -0.1) is 0 Å². The summed E-state index contributed by atoms with van der Waals surface area (Å²) >= 11 is 0. The Morgan fingerprint density at radius 2 is 1.24 bits per heavy atom. The molecular weight excluding hydrogens is 216 g/mol. The summed E-state index contributed by atoms with van der Waals surface area (Å²) in [5, 5.41) is 0. The van der Waals surface area contributed by atoms with Crippen LogP contribution in [0, 0.1) is 35.5 Å². The Kier molecular flexibility index (Phi) is 7.76. The molecule has 3 nitrogen and oxygen atoms in total. The average Bonchev–Trinajstić information content (AvgIpc) is 2.26. The monoisotopic (exact) mass is 234 g/mol. The van der Waals surface area contributed by atoms with Crippen LogP contribution in [0.1, 0.15) is 27.7 Å². The quantitative estimate of drug-likeness (QED) is 0.420. The molecule has 0 N–H and O–H groups in total. The van der Waals surface area contributed by atoms with Gasteiger partial charge in [-0.05, 0) is 11.8 Å². The first-order valence-corrected chi connectivity index (χ1v) is 5.58. The fraction of sp³-hybridized carbons (Fsp3) is 0.571. The summed E-state index contributed by atoms with van der Waals surface area (Å²) in [5.74, 6) is 9.79. The highest BCUT2D eigenvalue weighted by Crippen LogP contribution is 1.92. The second kappa shape index (κ2) is 8.56. The van der Waals surface area contributed by atoms with Crippen molar-refractivity contribution >= 4 is 11.6 Å². The highest BCUT2D eigenvalue weighted by atomic mass is 16.5. The van der Waals surface area contributed by atoms with Crippen LogP contribution in [0.15, 0.2) is 0 Å². The number of ketones is 2. The molecule has 0 atom stereocenters. The topological polar surface area (TPSA) is 43.4 Å². The van der Waals surface area contributed by atoms with Gasteiger partial charge >= 0.3 is 0 Å². The fourth-order valence-electron chi connectivity index (χ4n) is 0.688. The number of carbonyl (C=O) groups excluding carboxylic acids is 2. The van der Waals surface area contributed by atoms with Gasteiger partial charge in [-0.1, -0.05) is 39.5 Å². The molecule has 17 heavy (non-hydrogen) atoms. The van der Waals surface area contributed by atoms with Crippen molar-refractivity contribution in [3.8, 4) is 23.7 Å². The van der Waals surface area contributed by atoms with Gasteiger partial charge in [-0.3, -0.25) is 9.59 Å². The minimum Gasteiger partial charge on any atom is -0.356 e. The third-order valence-electron chi connectivity index (χ3n) is 1.82.